The van der Waals surface area contributed by atoms with Crippen molar-refractivity contribution in [2.75, 3.05) is 25.6 Å². The summed E-state index contributed by atoms with van der Waals surface area (Å²) in [6.45, 7) is 0.958. The van der Waals surface area contributed by atoms with Crippen LogP contribution in [-0.2, 0) is 0 Å². The maximum atomic E-state index is 12.8. The summed E-state index contributed by atoms with van der Waals surface area (Å²) in [5.74, 6) is 1.54. The standard InChI is InChI=1S/C13H20FNS/c1-15-10-12(4-3-9-16-2)11-5-7-13(14)8-6-11/h5-8,12,15H,3-4,9-10H2,1-2H3. The lowest BCUT2D eigenvalue weighted by atomic mass is 9.94. The summed E-state index contributed by atoms with van der Waals surface area (Å²) in [5.41, 5.74) is 1.23. The first-order chi connectivity index (χ1) is 7.77. The first kappa shape index (κ1) is 13.5. The van der Waals surface area contributed by atoms with Crippen LogP contribution >= 0.6 is 11.8 Å². The summed E-state index contributed by atoms with van der Waals surface area (Å²) < 4.78 is 12.8. The highest BCUT2D eigenvalue weighted by Gasteiger charge is 2.10. The molecule has 0 aliphatic carbocycles. The van der Waals surface area contributed by atoms with Gasteiger partial charge in [-0.05, 0) is 55.5 Å². The van der Waals surface area contributed by atoms with Gasteiger partial charge in [0.2, 0.25) is 0 Å². The molecule has 1 rings (SSSR count). The second kappa shape index (κ2) is 7.69. The van der Waals surface area contributed by atoms with Gasteiger partial charge in [-0.2, -0.15) is 11.8 Å². The van der Waals surface area contributed by atoms with Crippen LogP contribution in [0.3, 0.4) is 0 Å². The summed E-state index contributed by atoms with van der Waals surface area (Å²) >= 11 is 1.88. The number of thioether (sulfide) groups is 1. The van der Waals surface area contributed by atoms with E-state index >= 15 is 0 Å². The molecule has 0 aliphatic rings. The molecule has 3 heteroatoms. The average molecular weight is 241 g/mol. The highest BCUT2D eigenvalue weighted by atomic mass is 32.2. The van der Waals surface area contributed by atoms with Crippen molar-refractivity contribution in [1.82, 2.24) is 5.32 Å². The zero-order chi connectivity index (χ0) is 11.8. The van der Waals surface area contributed by atoms with Gasteiger partial charge in [-0.15, -0.1) is 0 Å². The molecule has 1 aromatic carbocycles. The highest BCUT2D eigenvalue weighted by molar-refractivity contribution is 7.98. The van der Waals surface area contributed by atoms with E-state index in [-0.39, 0.29) is 5.82 Å². The molecule has 0 spiro atoms. The topological polar surface area (TPSA) is 12.0 Å². The van der Waals surface area contributed by atoms with Crippen LogP contribution in [0.1, 0.15) is 24.3 Å². The van der Waals surface area contributed by atoms with E-state index in [9.17, 15) is 4.39 Å². The Labute approximate surface area is 102 Å². The van der Waals surface area contributed by atoms with Gasteiger partial charge in [0.1, 0.15) is 5.82 Å². The van der Waals surface area contributed by atoms with Crippen LogP contribution in [0.25, 0.3) is 0 Å². The van der Waals surface area contributed by atoms with Gasteiger partial charge < -0.3 is 5.32 Å². The van der Waals surface area contributed by atoms with E-state index in [0.717, 1.165) is 13.0 Å². The largest absolute Gasteiger partial charge is 0.319 e. The van der Waals surface area contributed by atoms with Crippen molar-refractivity contribution in [1.29, 1.82) is 0 Å². The molecule has 1 N–H and O–H groups in total. The van der Waals surface area contributed by atoms with Crippen LogP contribution < -0.4 is 5.32 Å². The lowest BCUT2D eigenvalue weighted by molar-refractivity contribution is 0.575. The molecular formula is C13H20FNS. The Morgan fingerprint density at radius 2 is 2.00 bits per heavy atom. The minimum Gasteiger partial charge on any atom is -0.319 e. The van der Waals surface area contributed by atoms with Crippen LogP contribution in [0.2, 0.25) is 0 Å². The molecule has 0 aliphatic heterocycles. The minimum absolute atomic E-state index is 0.156. The van der Waals surface area contributed by atoms with Crippen molar-refractivity contribution >= 4 is 11.8 Å². The first-order valence-corrected chi connectivity index (χ1v) is 7.06. The summed E-state index contributed by atoms with van der Waals surface area (Å²) in [4.78, 5) is 0. The van der Waals surface area contributed by atoms with E-state index < -0.39 is 0 Å². The van der Waals surface area contributed by atoms with E-state index in [1.54, 1.807) is 12.1 Å². The van der Waals surface area contributed by atoms with Gasteiger partial charge >= 0.3 is 0 Å². The molecule has 1 atom stereocenters. The van der Waals surface area contributed by atoms with Gasteiger partial charge in [-0.1, -0.05) is 12.1 Å². The number of likely N-dealkylation sites (N-methyl/N-ethyl adjacent to an activating group) is 1. The Bertz CT molecular complexity index is 286. The van der Waals surface area contributed by atoms with Gasteiger partial charge in [0.15, 0.2) is 0 Å². The maximum Gasteiger partial charge on any atom is 0.123 e. The fourth-order valence-corrected chi connectivity index (χ4v) is 2.30. The summed E-state index contributed by atoms with van der Waals surface area (Å²) in [7, 11) is 1.96. The number of hydrogen-bond acceptors (Lipinski definition) is 2. The molecule has 1 aromatic rings. The fourth-order valence-electron chi connectivity index (χ4n) is 1.84. The zero-order valence-electron chi connectivity index (χ0n) is 10.0. The van der Waals surface area contributed by atoms with E-state index in [4.69, 9.17) is 0 Å². The molecule has 1 nitrogen and oxygen atoms in total. The van der Waals surface area contributed by atoms with E-state index in [1.807, 2.05) is 30.9 Å². The van der Waals surface area contributed by atoms with Crippen molar-refractivity contribution in [3.05, 3.63) is 35.6 Å². The average Bonchev–Trinajstić information content (AvgIpc) is 2.29. The number of halogens is 1. The molecule has 90 valence electrons. The molecule has 0 saturated heterocycles. The van der Waals surface area contributed by atoms with E-state index in [0.29, 0.717) is 5.92 Å². The summed E-state index contributed by atoms with van der Waals surface area (Å²) in [6, 6.07) is 6.89. The van der Waals surface area contributed by atoms with Crippen LogP contribution in [0.15, 0.2) is 24.3 Å². The predicted molar refractivity (Wildman–Crippen MR) is 70.7 cm³/mol. The maximum absolute atomic E-state index is 12.8. The fraction of sp³-hybridized carbons (Fsp3) is 0.538. The lowest BCUT2D eigenvalue weighted by Crippen LogP contribution is -2.17. The molecule has 0 fully saturated rings. The molecule has 0 aromatic heterocycles. The number of rotatable bonds is 7. The van der Waals surface area contributed by atoms with Gasteiger partial charge in [0.05, 0.1) is 0 Å². The van der Waals surface area contributed by atoms with Crippen molar-refractivity contribution < 1.29 is 4.39 Å². The Morgan fingerprint density at radius 3 is 2.56 bits per heavy atom. The molecule has 0 saturated carbocycles. The second-order valence-electron chi connectivity index (χ2n) is 3.94. The first-order valence-electron chi connectivity index (χ1n) is 5.67. The third kappa shape index (κ3) is 4.54. The van der Waals surface area contributed by atoms with Gasteiger partial charge in [-0.3, -0.25) is 0 Å². The molecule has 0 bridgehead atoms. The van der Waals surface area contributed by atoms with Crippen molar-refractivity contribution in [2.45, 2.75) is 18.8 Å². The van der Waals surface area contributed by atoms with E-state index in [2.05, 4.69) is 11.6 Å². The Hall–Kier alpha value is -0.540. The third-order valence-electron chi connectivity index (χ3n) is 2.69. The quantitative estimate of drug-likeness (QED) is 0.735. The predicted octanol–water partition coefficient (Wildman–Crippen LogP) is 3.27. The number of benzene rings is 1. The normalized spacial score (nSPS) is 12.7. The SMILES string of the molecule is CNCC(CCCSC)c1ccc(F)cc1. The van der Waals surface area contributed by atoms with Crippen LogP contribution in [-0.4, -0.2) is 25.6 Å². The van der Waals surface area contributed by atoms with E-state index in [1.165, 1.54) is 17.7 Å². The Balaban J connectivity index is 2.57. The van der Waals surface area contributed by atoms with Crippen LogP contribution in [0.5, 0.6) is 0 Å². The molecular weight excluding hydrogens is 221 g/mol. The van der Waals surface area contributed by atoms with Crippen molar-refractivity contribution in [3.8, 4) is 0 Å². The monoisotopic (exact) mass is 241 g/mol. The lowest BCUT2D eigenvalue weighted by Gasteiger charge is -2.16. The molecule has 16 heavy (non-hydrogen) atoms. The van der Waals surface area contributed by atoms with Crippen LogP contribution in [0.4, 0.5) is 4.39 Å². The molecule has 0 amide bonds. The number of hydrogen-bond donors (Lipinski definition) is 1. The Kier molecular flexibility index (Phi) is 6.50. The zero-order valence-corrected chi connectivity index (χ0v) is 10.8. The second-order valence-corrected chi connectivity index (χ2v) is 4.93. The molecule has 0 radical (unpaired) electrons. The van der Waals surface area contributed by atoms with Gasteiger partial charge in [-0.25, -0.2) is 4.39 Å². The Morgan fingerprint density at radius 1 is 1.31 bits per heavy atom. The van der Waals surface area contributed by atoms with Crippen molar-refractivity contribution in [3.63, 3.8) is 0 Å². The number of nitrogens with one attached hydrogen (secondary N) is 1. The smallest absolute Gasteiger partial charge is 0.123 e. The van der Waals surface area contributed by atoms with Crippen molar-refractivity contribution in [2.24, 2.45) is 0 Å². The molecule has 1 unspecified atom stereocenters. The van der Waals surface area contributed by atoms with Gasteiger partial charge in [0.25, 0.3) is 0 Å². The highest BCUT2D eigenvalue weighted by Crippen LogP contribution is 2.21. The van der Waals surface area contributed by atoms with Gasteiger partial charge in [0, 0.05) is 6.54 Å². The minimum atomic E-state index is -0.156. The summed E-state index contributed by atoms with van der Waals surface area (Å²) in [5, 5.41) is 3.21. The van der Waals surface area contributed by atoms with Crippen LogP contribution in [0, 0.1) is 5.82 Å². The third-order valence-corrected chi connectivity index (χ3v) is 3.39. The molecule has 0 heterocycles. The summed E-state index contributed by atoms with van der Waals surface area (Å²) in [6.07, 6.45) is 4.50.